The summed E-state index contributed by atoms with van der Waals surface area (Å²) >= 11 is 1.99. The molecule has 0 heterocycles. The SMILES string of the molecule is CSN(CC1CC1)C1Cc2ccc(O)cc2CC12CC(C)CC2(C)CCCN(C)c1ccc2ccccc2c1. The summed E-state index contributed by atoms with van der Waals surface area (Å²) in [5.41, 5.74) is 4.68. The molecule has 4 atom stereocenters. The van der Waals surface area contributed by atoms with Crippen molar-refractivity contribution in [3.63, 3.8) is 0 Å². The maximum Gasteiger partial charge on any atom is 0.115 e. The first kappa shape index (κ1) is 27.0. The molecule has 0 bridgehead atoms. The van der Waals surface area contributed by atoms with Crippen molar-refractivity contribution in [2.24, 2.45) is 22.7 Å². The number of rotatable bonds is 9. The molecule has 3 aromatic rings. The molecular formula is C35H46N2OS. The van der Waals surface area contributed by atoms with Crippen LogP contribution in [0.25, 0.3) is 10.8 Å². The molecule has 2 saturated carbocycles. The van der Waals surface area contributed by atoms with E-state index >= 15 is 0 Å². The van der Waals surface area contributed by atoms with Crippen LogP contribution in [0.2, 0.25) is 0 Å². The van der Waals surface area contributed by atoms with E-state index in [1.54, 1.807) is 0 Å². The second-order valence-electron chi connectivity index (χ2n) is 13.4. The van der Waals surface area contributed by atoms with Crippen LogP contribution in [-0.4, -0.2) is 41.8 Å². The van der Waals surface area contributed by atoms with E-state index < -0.39 is 0 Å². The highest BCUT2D eigenvalue weighted by Crippen LogP contribution is 2.64. The van der Waals surface area contributed by atoms with Gasteiger partial charge in [0.25, 0.3) is 0 Å². The number of anilines is 1. The van der Waals surface area contributed by atoms with Crippen molar-refractivity contribution in [1.82, 2.24) is 4.31 Å². The molecule has 0 radical (unpaired) electrons. The summed E-state index contributed by atoms with van der Waals surface area (Å²) in [7, 11) is 2.26. The fourth-order valence-electron chi connectivity index (χ4n) is 8.44. The third-order valence-electron chi connectivity index (χ3n) is 10.6. The standard InChI is InChI=1S/C35H46N2OS/c1-25-21-34(2,16-7-17-36(3)31-14-12-27-8-5-6-9-28(27)18-31)35(22-25)23-30-19-32(38)15-13-29(30)20-33(35)37(39-4)24-26-10-11-26/h5-6,8-9,12-15,18-19,25-26,33,38H,7,10-11,16-17,20-24H2,1-4H3. The van der Waals surface area contributed by atoms with E-state index in [2.05, 4.69) is 91.0 Å². The summed E-state index contributed by atoms with van der Waals surface area (Å²) in [6.07, 6.45) is 12.4. The lowest BCUT2D eigenvalue weighted by atomic mass is 9.54. The Hall–Kier alpha value is -2.17. The molecule has 1 N–H and O–H groups in total. The maximum absolute atomic E-state index is 10.4. The highest BCUT2D eigenvalue weighted by Gasteiger charge is 2.60. The Labute approximate surface area is 240 Å². The molecule has 4 heteroatoms. The van der Waals surface area contributed by atoms with E-state index in [-0.39, 0.29) is 10.8 Å². The number of aromatic hydroxyl groups is 1. The van der Waals surface area contributed by atoms with E-state index in [1.165, 1.54) is 72.7 Å². The summed E-state index contributed by atoms with van der Waals surface area (Å²) in [6.45, 7) is 7.43. The van der Waals surface area contributed by atoms with Gasteiger partial charge in [-0.3, -0.25) is 0 Å². The molecule has 3 aromatic carbocycles. The second kappa shape index (κ2) is 10.7. The normalized spacial score (nSPS) is 28.3. The van der Waals surface area contributed by atoms with Crippen molar-refractivity contribution in [3.05, 3.63) is 71.8 Å². The number of hydrogen-bond donors (Lipinski definition) is 1. The van der Waals surface area contributed by atoms with Crippen molar-refractivity contribution in [3.8, 4) is 5.75 Å². The van der Waals surface area contributed by atoms with Crippen LogP contribution in [0, 0.1) is 22.7 Å². The Morgan fingerprint density at radius 3 is 2.54 bits per heavy atom. The maximum atomic E-state index is 10.4. The molecule has 2 fully saturated rings. The highest BCUT2D eigenvalue weighted by atomic mass is 32.2. The van der Waals surface area contributed by atoms with Gasteiger partial charge in [0, 0.05) is 31.9 Å². The van der Waals surface area contributed by atoms with Gasteiger partial charge in [-0.25, -0.2) is 4.31 Å². The zero-order valence-corrected chi connectivity index (χ0v) is 25.1. The molecule has 0 saturated heterocycles. The van der Waals surface area contributed by atoms with E-state index in [0.29, 0.717) is 11.8 Å². The number of benzene rings is 3. The van der Waals surface area contributed by atoms with Crippen LogP contribution in [0.1, 0.15) is 63.5 Å². The first-order valence-corrected chi connectivity index (χ1v) is 16.3. The average molecular weight is 543 g/mol. The molecule has 3 nitrogen and oxygen atoms in total. The summed E-state index contributed by atoms with van der Waals surface area (Å²) < 4.78 is 2.80. The number of phenols is 1. The lowest BCUT2D eigenvalue weighted by molar-refractivity contribution is -0.00249. The summed E-state index contributed by atoms with van der Waals surface area (Å²) in [5, 5.41) is 13.0. The summed E-state index contributed by atoms with van der Waals surface area (Å²) in [6, 6.07) is 22.3. The first-order chi connectivity index (χ1) is 18.8. The van der Waals surface area contributed by atoms with Crippen LogP contribution in [0.15, 0.2) is 60.7 Å². The number of hydrogen-bond acceptors (Lipinski definition) is 4. The van der Waals surface area contributed by atoms with Gasteiger partial charge < -0.3 is 10.0 Å². The minimum Gasteiger partial charge on any atom is -0.508 e. The molecule has 0 aromatic heterocycles. The molecule has 4 unspecified atom stereocenters. The number of phenolic OH excluding ortho intramolecular Hbond substituents is 1. The van der Waals surface area contributed by atoms with Crippen LogP contribution in [0.3, 0.4) is 0 Å². The van der Waals surface area contributed by atoms with Gasteiger partial charge in [-0.2, -0.15) is 0 Å². The van der Waals surface area contributed by atoms with Crippen LogP contribution in [-0.2, 0) is 12.8 Å². The van der Waals surface area contributed by atoms with Crippen LogP contribution >= 0.6 is 11.9 Å². The van der Waals surface area contributed by atoms with Gasteiger partial charge in [-0.15, -0.1) is 0 Å². The third kappa shape index (κ3) is 5.20. The van der Waals surface area contributed by atoms with Crippen LogP contribution in [0.4, 0.5) is 5.69 Å². The van der Waals surface area contributed by atoms with Crippen molar-refractivity contribution in [2.45, 2.75) is 71.3 Å². The van der Waals surface area contributed by atoms with Crippen molar-refractivity contribution < 1.29 is 5.11 Å². The quantitative estimate of drug-likeness (QED) is 0.275. The van der Waals surface area contributed by atoms with Crippen LogP contribution < -0.4 is 4.90 Å². The molecular weight excluding hydrogens is 496 g/mol. The van der Waals surface area contributed by atoms with Crippen molar-refractivity contribution in [2.75, 3.05) is 31.3 Å². The largest absolute Gasteiger partial charge is 0.508 e. The minimum atomic E-state index is 0.243. The zero-order valence-electron chi connectivity index (χ0n) is 24.3. The average Bonchev–Trinajstić information content (AvgIpc) is 3.71. The first-order valence-electron chi connectivity index (χ1n) is 15.1. The van der Waals surface area contributed by atoms with E-state index in [9.17, 15) is 5.11 Å². The highest BCUT2D eigenvalue weighted by molar-refractivity contribution is 7.96. The molecule has 3 aliphatic carbocycles. The van der Waals surface area contributed by atoms with Gasteiger partial charge in [0.1, 0.15) is 5.75 Å². The molecule has 3 aliphatic rings. The fourth-order valence-corrected chi connectivity index (χ4v) is 9.33. The number of nitrogens with zero attached hydrogens (tertiary/aromatic N) is 2. The van der Waals surface area contributed by atoms with Gasteiger partial charge in [0.05, 0.1) is 0 Å². The van der Waals surface area contributed by atoms with Crippen LogP contribution in [0.5, 0.6) is 5.75 Å². The van der Waals surface area contributed by atoms with Gasteiger partial charge in [-0.1, -0.05) is 62.2 Å². The molecule has 1 spiro atoms. The Bertz CT molecular complexity index is 1320. The summed E-state index contributed by atoms with van der Waals surface area (Å²) in [5.74, 6) is 2.04. The predicted octanol–water partition coefficient (Wildman–Crippen LogP) is 8.34. The second-order valence-corrected chi connectivity index (χ2v) is 14.2. The third-order valence-corrected chi connectivity index (χ3v) is 11.4. The van der Waals surface area contributed by atoms with Gasteiger partial charge in [-0.05, 0) is 126 Å². The Kier molecular flexibility index (Phi) is 7.39. The molecule has 39 heavy (non-hydrogen) atoms. The zero-order chi connectivity index (χ0) is 27.2. The van der Waals surface area contributed by atoms with Gasteiger partial charge in [0.2, 0.25) is 0 Å². The van der Waals surface area contributed by atoms with Gasteiger partial charge >= 0.3 is 0 Å². The van der Waals surface area contributed by atoms with Crippen molar-refractivity contribution >= 4 is 28.4 Å². The summed E-state index contributed by atoms with van der Waals surface area (Å²) in [4.78, 5) is 2.45. The fraction of sp³-hybridized carbons (Fsp3) is 0.543. The molecule has 208 valence electrons. The van der Waals surface area contributed by atoms with E-state index in [1.807, 2.05) is 18.0 Å². The topological polar surface area (TPSA) is 26.7 Å². The Balaban J connectivity index is 1.26. The molecule has 0 aliphatic heterocycles. The number of fused-ring (bicyclic) bond motifs is 2. The Morgan fingerprint density at radius 1 is 0.974 bits per heavy atom. The Morgan fingerprint density at radius 2 is 1.77 bits per heavy atom. The smallest absolute Gasteiger partial charge is 0.115 e. The molecule has 0 amide bonds. The lowest BCUT2D eigenvalue weighted by Gasteiger charge is -2.55. The molecule has 6 rings (SSSR count). The minimum absolute atomic E-state index is 0.243. The van der Waals surface area contributed by atoms with E-state index in [4.69, 9.17) is 0 Å². The van der Waals surface area contributed by atoms with E-state index in [0.717, 1.165) is 31.2 Å². The van der Waals surface area contributed by atoms with Crippen molar-refractivity contribution in [1.29, 1.82) is 0 Å². The van der Waals surface area contributed by atoms with Gasteiger partial charge in [0.15, 0.2) is 0 Å². The lowest BCUT2D eigenvalue weighted by Crippen LogP contribution is -2.56. The monoisotopic (exact) mass is 542 g/mol. The predicted molar refractivity (Wildman–Crippen MR) is 168 cm³/mol.